The standard InChI is InChI=1S/C12H9BrCl2N2/c13-9-3-2-8(6-10(9)14)17-12-4-1-7(16)5-11(12)15/h1-6,17H,16H2. The van der Waals surface area contributed by atoms with Crippen molar-refractivity contribution >= 4 is 56.2 Å². The molecule has 2 aromatic carbocycles. The molecule has 0 amide bonds. The van der Waals surface area contributed by atoms with Gasteiger partial charge in [0.15, 0.2) is 0 Å². The number of anilines is 3. The third kappa shape index (κ3) is 3.06. The third-order valence-corrected chi connectivity index (χ3v) is 3.74. The fraction of sp³-hybridized carbons (Fsp3) is 0. The zero-order valence-electron chi connectivity index (χ0n) is 8.68. The average Bonchev–Trinajstić information content (AvgIpc) is 2.27. The summed E-state index contributed by atoms with van der Waals surface area (Å²) >= 11 is 15.4. The first-order valence-corrected chi connectivity index (χ1v) is 6.38. The quantitative estimate of drug-likeness (QED) is 0.753. The van der Waals surface area contributed by atoms with Crippen LogP contribution in [-0.2, 0) is 0 Å². The van der Waals surface area contributed by atoms with Crippen LogP contribution in [-0.4, -0.2) is 0 Å². The van der Waals surface area contributed by atoms with Crippen LogP contribution in [0.3, 0.4) is 0 Å². The molecule has 17 heavy (non-hydrogen) atoms. The molecule has 0 radical (unpaired) electrons. The van der Waals surface area contributed by atoms with Gasteiger partial charge in [0, 0.05) is 15.8 Å². The molecule has 0 saturated carbocycles. The maximum atomic E-state index is 6.07. The van der Waals surface area contributed by atoms with Gasteiger partial charge in [-0.05, 0) is 52.3 Å². The minimum Gasteiger partial charge on any atom is -0.399 e. The first-order valence-electron chi connectivity index (χ1n) is 4.83. The van der Waals surface area contributed by atoms with Crippen LogP contribution in [0.15, 0.2) is 40.9 Å². The Morgan fingerprint density at radius 2 is 1.76 bits per heavy atom. The summed E-state index contributed by atoms with van der Waals surface area (Å²) in [4.78, 5) is 0. The molecular formula is C12H9BrCl2N2. The molecule has 2 nitrogen and oxygen atoms in total. The topological polar surface area (TPSA) is 38.0 Å². The van der Waals surface area contributed by atoms with Crippen LogP contribution in [0.25, 0.3) is 0 Å². The molecule has 0 bridgehead atoms. The third-order valence-electron chi connectivity index (χ3n) is 2.19. The molecule has 0 atom stereocenters. The lowest BCUT2D eigenvalue weighted by molar-refractivity contribution is 1.53. The van der Waals surface area contributed by atoms with E-state index in [2.05, 4.69) is 21.2 Å². The monoisotopic (exact) mass is 330 g/mol. The summed E-state index contributed by atoms with van der Waals surface area (Å²) in [5.41, 5.74) is 7.92. The van der Waals surface area contributed by atoms with E-state index in [4.69, 9.17) is 28.9 Å². The van der Waals surface area contributed by atoms with Crippen molar-refractivity contribution in [3.05, 3.63) is 50.9 Å². The number of benzene rings is 2. The molecule has 88 valence electrons. The molecule has 0 fully saturated rings. The second kappa shape index (κ2) is 5.17. The number of hydrogen-bond acceptors (Lipinski definition) is 2. The fourth-order valence-corrected chi connectivity index (χ4v) is 2.03. The van der Waals surface area contributed by atoms with Crippen molar-refractivity contribution in [1.29, 1.82) is 0 Å². The summed E-state index contributed by atoms with van der Waals surface area (Å²) in [7, 11) is 0. The van der Waals surface area contributed by atoms with Crippen LogP contribution in [0.2, 0.25) is 10.0 Å². The van der Waals surface area contributed by atoms with E-state index in [1.165, 1.54) is 0 Å². The highest BCUT2D eigenvalue weighted by Gasteiger charge is 2.03. The van der Waals surface area contributed by atoms with Crippen molar-refractivity contribution in [3.8, 4) is 0 Å². The lowest BCUT2D eigenvalue weighted by Crippen LogP contribution is -1.92. The van der Waals surface area contributed by atoms with Crippen LogP contribution in [0.1, 0.15) is 0 Å². The van der Waals surface area contributed by atoms with Gasteiger partial charge in [-0.3, -0.25) is 0 Å². The van der Waals surface area contributed by atoms with Gasteiger partial charge >= 0.3 is 0 Å². The number of rotatable bonds is 2. The molecular weight excluding hydrogens is 323 g/mol. The normalized spacial score (nSPS) is 10.3. The highest BCUT2D eigenvalue weighted by atomic mass is 79.9. The van der Waals surface area contributed by atoms with Crippen LogP contribution in [0, 0.1) is 0 Å². The molecule has 0 aromatic heterocycles. The average molecular weight is 332 g/mol. The molecule has 3 N–H and O–H groups in total. The smallest absolute Gasteiger partial charge is 0.0661 e. The summed E-state index contributed by atoms with van der Waals surface area (Å²) < 4.78 is 0.855. The summed E-state index contributed by atoms with van der Waals surface area (Å²) in [5.74, 6) is 0. The van der Waals surface area contributed by atoms with Crippen molar-refractivity contribution in [3.63, 3.8) is 0 Å². The van der Waals surface area contributed by atoms with E-state index in [0.717, 1.165) is 15.8 Å². The van der Waals surface area contributed by atoms with E-state index in [1.54, 1.807) is 12.1 Å². The van der Waals surface area contributed by atoms with Gasteiger partial charge in [0.2, 0.25) is 0 Å². The lowest BCUT2D eigenvalue weighted by atomic mass is 10.2. The van der Waals surface area contributed by atoms with E-state index in [0.29, 0.717) is 15.7 Å². The summed E-state index contributed by atoms with van der Waals surface area (Å²) in [6.45, 7) is 0. The summed E-state index contributed by atoms with van der Waals surface area (Å²) in [5, 5.41) is 4.39. The van der Waals surface area contributed by atoms with Gasteiger partial charge in [0.25, 0.3) is 0 Å². The largest absolute Gasteiger partial charge is 0.399 e. The lowest BCUT2D eigenvalue weighted by Gasteiger charge is -2.09. The first-order chi connectivity index (χ1) is 8.06. The Hall–Kier alpha value is -0.900. The predicted molar refractivity (Wildman–Crippen MR) is 78.3 cm³/mol. The molecule has 0 unspecified atom stereocenters. The van der Waals surface area contributed by atoms with E-state index in [1.807, 2.05) is 24.3 Å². The van der Waals surface area contributed by atoms with Gasteiger partial charge in [-0.1, -0.05) is 23.2 Å². The maximum absolute atomic E-state index is 6.07. The fourth-order valence-electron chi connectivity index (χ4n) is 1.36. The van der Waals surface area contributed by atoms with E-state index in [-0.39, 0.29) is 0 Å². The van der Waals surface area contributed by atoms with E-state index >= 15 is 0 Å². The highest BCUT2D eigenvalue weighted by Crippen LogP contribution is 2.30. The van der Waals surface area contributed by atoms with Gasteiger partial charge < -0.3 is 11.1 Å². The Balaban J connectivity index is 2.28. The summed E-state index contributed by atoms with van der Waals surface area (Å²) in [6.07, 6.45) is 0. The molecule has 0 spiro atoms. The zero-order valence-corrected chi connectivity index (χ0v) is 11.8. The highest BCUT2D eigenvalue weighted by molar-refractivity contribution is 9.10. The van der Waals surface area contributed by atoms with E-state index < -0.39 is 0 Å². The van der Waals surface area contributed by atoms with Crippen molar-refractivity contribution in [1.82, 2.24) is 0 Å². The molecule has 0 aliphatic carbocycles. The van der Waals surface area contributed by atoms with Gasteiger partial charge in [0.05, 0.1) is 15.7 Å². The predicted octanol–water partition coefficient (Wildman–Crippen LogP) is 5.08. The summed E-state index contributed by atoms with van der Waals surface area (Å²) in [6, 6.07) is 10.9. The second-order valence-corrected chi connectivity index (χ2v) is 5.16. The first kappa shape index (κ1) is 12.6. The molecule has 0 heterocycles. The number of hydrogen-bond donors (Lipinski definition) is 2. The maximum Gasteiger partial charge on any atom is 0.0661 e. The van der Waals surface area contributed by atoms with Crippen molar-refractivity contribution in [2.75, 3.05) is 11.1 Å². The van der Waals surface area contributed by atoms with Crippen molar-refractivity contribution in [2.24, 2.45) is 0 Å². The number of nitrogens with two attached hydrogens (primary N) is 1. The number of halogens is 3. The Kier molecular flexibility index (Phi) is 3.82. The van der Waals surface area contributed by atoms with Crippen LogP contribution < -0.4 is 11.1 Å². The molecule has 2 rings (SSSR count). The van der Waals surface area contributed by atoms with Crippen molar-refractivity contribution < 1.29 is 0 Å². The molecule has 2 aromatic rings. The second-order valence-electron chi connectivity index (χ2n) is 3.49. The van der Waals surface area contributed by atoms with Crippen LogP contribution in [0.4, 0.5) is 17.1 Å². The Morgan fingerprint density at radius 1 is 1.00 bits per heavy atom. The Bertz CT molecular complexity index is 558. The number of nitrogens with one attached hydrogen (secondary N) is 1. The van der Waals surface area contributed by atoms with E-state index in [9.17, 15) is 0 Å². The SMILES string of the molecule is Nc1ccc(Nc2ccc(Br)c(Cl)c2)c(Cl)c1. The van der Waals surface area contributed by atoms with Crippen LogP contribution in [0.5, 0.6) is 0 Å². The molecule has 0 saturated heterocycles. The minimum absolute atomic E-state index is 0.573. The Morgan fingerprint density at radius 3 is 2.41 bits per heavy atom. The van der Waals surface area contributed by atoms with Crippen molar-refractivity contribution in [2.45, 2.75) is 0 Å². The van der Waals surface area contributed by atoms with Gasteiger partial charge in [-0.25, -0.2) is 0 Å². The van der Waals surface area contributed by atoms with Crippen LogP contribution >= 0.6 is 39.1 Å². The van der Waals surface area contributed by atoms with Gasteiger partial charge in [-0.2, -0.15) is 0 Å². The molecule has 5 heteroatoms. The molecule has 0 aliphatic rings. The molecule has 0 aliphatic heterocycles. The number of nitrogen functional groups attached to an aromatic ring is 1. The van der Waals surface area contributed by atoms with Gasteiger partial charge in [-0.15, -0.1) is 0 Å². The minimum atomic E-state index is 0.573. The Labute approximate surface area is 118 Å². The zero-order chi connectivity index (χ0) is 12.4. The van der Waals surface area contributed by atoms with Gasteiger partial charge in [0.1, 0.15) is 0 Å².